The van der Waals surface area contributed by atoms with Crippen molar-refractivity contribution in [3.63, 3.8) is 0 Å². The topological polar surface area (TPSA) is 41.1 Å². The molecule has 1 aromatic rings. The first-order valence-electron chi connectivity index (χ1n) is 6.86. The van der Waals surface area contributed by atoms with E-state index >= 15 is 0 Å². The first kappa shape index (κ1) is 14.6. The molecule has 0 aromatic heterocycles. The Labute approximate surface area is 110 Å². The molecule has 0 unspecified atom stereocenters. The number of hydrogen-bond donors (Lipinski definition) is 2. The third-order valence-electron chi connectivity index (χ3n) is 3.07. The van der Waals surface area contributed by atoms with E-state index in [1.54, 1.807) is 0 Å². The van der Waals surface area contributed by atoms with E-state index in [4.69, 9.17) is 0 Å². The van der Waals surface area contributed by atoms with Crippen LogP contribution in [0.1, 0.15) is 45.6 Å². The van der Waals surface area contributed by atoms with Crippen molar-refractivity contribution in [2.75, 3.05) is 5.32 Å². The Morgan fingerprint density at radius 2 is 1.72 bits per heavy atom. The van der Waals surface area contributed by atoms with Crippen molar-refractivity contribution in [1.29, 1.82) is 0 Å². The predicted molar refractivity (Wildman–Crippen MR) is 77.0 cm³/mol. The quantitative estimate of drug-likeness (QED) is 0.786. The Bertz CT molecular complexity index is 355. The van der Waals surface area contributed by atoms with Gasteiger partial charge in [0, 0.05) is 11.7 Å². The van der Waals surface area contributed by atoms with E-state index in [9.17, 15) is 4.79 Å². The summed E-state index contributed by atoms with van der Waals surface area (Å²) in [6.45, 7) is 6.32. The molecule has 1 rings (SSSR count). The summed E-state index contributed by atoms with van der Waals surface area (Å²) in [4.78, 5) is 11.7. The van der Waals surface area contributed by atoms with Crippen molar-refractivity contribution in [3.8, 4) is 0 Å². The molecule has 0 bridgehead atoms. The van der Waals surface area contributed by atoms with E-state index in [2.05, 4.69) is 43.5 Å². The van der Waals surface area contributed by atoms with Gasteiger partial charge in [-0.2, -0.15) is 0 Å². The van der Waals surface area contributed by atoms with E-state index in [0.717, 1.165) is 31.4 Å². The van der Waals surface area contributed by atoms with Crippen molar-refractivity contribution in [2.45, 2.75) is 52.5 Å². The highest BCUT2D eigenvalue weighted by Crippen LogP contribution is 2.11. The Hall–Kier alpha value is -1.51. The number of aryl methyl sites for hydroxylation is 1. The summed E-state index contributed by atoms with van der Waals surface area (Å²) in [6, 6.07) is 8.18. The van der Waals surface area contributed by atoms with Crippen LogP contribution in [-0.4, -0.2) is 12.1 Å². The van der Waals surface area contributed by atoms with Crippen LogP contribution in [0.15, 0.2) is 24.3 Å². The number of carbonyl (C=O) groups excluding carboxylic acids is 1. The molecule has 3 heteroatoms. The third-order valence-corrected chi connectivity index (χ3v) is 3.07. The molecule has 0 spiro atoms. The number of amides is 2. The summed E-state index contributed by atoms with van der Waals surface area (Å²) in [5.74, 6) is 0. The van der Waals surface area contributed by atoms with Gasteiger partial charge >= 0.3 is 6.03 Å². The maximum Gasteiger partial charge on any atom is 0.319 e. The minimum atomic E-state index is -0.119. The summed E-state index contributed by atoms with van der Waals surface area (Å²) in [7, 11) is 0. The summed E-state index contributed by atoms with van der Waals surface area (Å²) in [5.41, 5.74) is 2.15. The van der Waals surface area contributed by atoms with Crippen LogP contribution in [-0.2, 0) is 6.42 Å². The van der Waals surface area contributed by atoms with Crippen molar-refractivity contribution >= 4 is 11.7 Å². The van der Waals surface area contributed by atoms with Gasteiger partial charge in [-0.15, -0.1) is 0 Å². The number of benzene rings is 1. The molecule has 1 aromatic carbocycles. The maximum atomic E-state index is 11.7. The Morgan fingerprint density at radius 3 is 2.22 bits per heavy atom. The highest BCUT2D eigenvalue weighted by atomic mass is 16.2. The molecule has 0 radical (unpaired) electrons. The summed E-state index contributed by atoms with van der Waals surface area (Å²) in [6.07, 6.45) is 4.14. The summed E-state index contributed by atoms with van der Waals surface area (Å²) in [5, 5.41) is 5.81. The van der Waals surface area contributed by atoms with Gasteiger partial charge in [0.15, 0.2) is 0 Å². The smallest absolute Gasteiger partial charge is 0.319 e. The number of anilines is 1. The van der Waals surface area contributed by atoms with Gasteiger partial charge in [0.1, 0.15) is 0 Å². The zero-order valence-electron chi connectivity index (χ0n) is 11.6. The van der Waals surface area contributed by atoms with Gasteiger partial charge in [0.05, 0.1) is 0 Å². The minimum Gasteiger partial charge on any atom is -0.335 e. The van der Waals surface area contributed by atoms with Gasteiger partial charge in [-0.05, 0) is 37.0 Å². The van der Waals surface area contributed by atoms with Gasteiger partial charge in [-0.3, -0.25) is 0 Å². The van der Waals surface area contributed by atoms with Crippen molar-refractivity contribution in [2.24, 2.45) is 0 Å². The molecule has 0 fully saturated rings. The average Bonchev–Trinajstić information content (AvgIpc) is 2.38. The lowest BCUT2D eigenvalue weighted by Gasteiger charge is -2.15. The van der Waals surface area contributed by atoms with Crippen LogP contribution in [0.25, 0.3) is 0 Å². The lowest BCUT2D eigenvalue weighted by Crippen LogP contribution is -2.37. The number of nitrogens with one attached hydrogen (secondary N) is 2. The minimum absolute atomic E-state index is 0.119. The molecule has 2 N–H and O–H groups in total. The second kappa shape index (κ2) is 7.75. The molecular weight excluding hydrogens is 224 g/mol. The van der Waals surface area contributed by atoms with Crippen molar-refractivity contribution in [1.82, 2.24) is 5.32 Å². The third kappa shape index (κ3) is 4.78. The van der Waals surface area contributed by atoms with Crippen LogP contribution < -0.4 is 10.6 Å². The van der Waals surface area contributed by atoms with Crippen LogP contribution in [0.4, 0.5) is 10.5 Å². The molecule has 0 heterocycles. The monoisotopic (exact) mass is 248 g/mol. The fourth-order valence-electron chi connectivity index (χ4n) is 1.89. The molecule has 3 nitrogen and oxygen atoms in total. The van der Waals surface area contributed by atoms with E-state index < -0.39 is 0 Å². The van der Waals surface area contributed by atoms with E-state index in [0.29, 0.717) is 0 Å². The Kier molecular flexibility index (Phi) is 6.26. The zero-order chi connectivity index (χ0) is 13.4. The average molecular weight is 248 g/mol. The van der Waals surface area contributed by atoms with Crippen molar-refractivity contribution < 1.29 is 4.79 Å². The van der Waals surface area contributed by atoms with Crippen LogP contribution in [0.2, 0.25) is 0 Å². The van der Waals surface area contributed by atoms with Crippen molar-refractivity contribution in [3.05, 3.63) is 29.8 Å². The molecule has 0 aliphatic heterocycles. The second-order valence-electron chi connectivity index (χ2n) is 4.56. The zero-order valence-corrected chi connectivity index (χ0v) is 11.6. The second-order valence-corrected chi connectivity index (χ2v) is 4.56. The van der Waals surface area contributed by atoms with Crippen LogP contribution in [0, 0.1) is 0 Å². The first-order valence-corrected chi connectivity index (χ1v) is 6.86. The summed E-state index contributed by atoms with van der Waals surface area (Å²) < 4.78 is 0. The van der Waals surface area contributed by atoms with E-state index in [-0.39, 0.29) is 12.1 Å². The number of urea groups is 1. The van der Waals surface area contributed by atoms with Gasteiger partial charge < -0.3 is 10.6 Å². The highest BCUT2D eigenvalue weighted by molar-refractivity contribution is 5.89. The molecule has 0 saturated carbocycles. The molecule has 0 aliphatic rings. The van der Waals surface area contributed by atoms with E-state index in [1.165, 1.54) is 5.56 Å². The molecule has 0 atom stereocenters. The number of rotatable bonds is 6. The molecule has 0 aliphatic carbocycles. The van der Waals surface area contributed by atoms with Crippen LogP contribution in [0.3, 0.4) is 0 Å². The molecular formula is C15H24N2O. The maximum absolute atomic E-state index is 11.7. The molecule has 100 valence electrons. The molecule has 18 heavy (non-hydrogen) atoms. The van der Waals surface area contributed by atoms with Gasteiger partial charge in [0.2, 0.25) is 0 Å². The van der Waals surface area contributed by atoms with Crippen LogP contribution in [0.5, 0.6) is 0 Å². The first-order chi connectivity index (χ1) is 8.69. The lowest BCUT2D eigenvalue weighted by atomic mass is 10.1. The largest absolute Gasteiger partial charge is 0.335 e. The Balaban J connectivity index is 2.48. The van der Waals surface area contributed by atoms with Gasteiger partial charge in [-0.25, -0.2) is 4.79 Å². The molecule has 0 saturated heterocycles. The fraction of sp³-hybridized carbons (Fsp3) is 0.533. The number of hydrogen-bond acceptors (Lipinski definition) is 1. The predicted octanol–water partition coefficient (Wildman–Crippen LogP) is 3.95. The lowest BCUT2D eigenvalue weighted by molar-refractivity contribution is 0.247. The highest BCUT2D eigenvalue weighted by Gasteiger charge is 2.07. The standard InChI is InChI=1S/C15H24N2O/c1-4-7-12-8-10-14(11-9-12)17-15(18)16-13(5-2)6-3/h8-11,13H,4-7H2,1-3H3,(H2,16,17,18). The summed E-state index contributed by atoms with van der Waals surface area (Å²) >= 11 is 0. The van der Waals surface area contributed by atoms with Gasteiger partial charge in [0.25, 0.3) is 0 Å². The van der Waals surface area contributed by atoms with Gasteiger partial charge in [-0.1, -0.05) is 39.3 Å². The fourth-order valence-corrected chi connectivity index (χ4v) is 1.89. The normalized spacial score (nSPS) is 10.4. The Morgan fingerprint density at radius 1 is 1.11 bits per heavy atom. The van der Waals surface area contributed by atoms with E-state index in [1.807, 2.05) is 12.1 Å². The SMILES string of the molecule is CCCc1ccc(NC(=O)NC(CC)CC)cc1. The van der Waals surface area contributed by atoms with Crippen LogP contribution >= 0.6 is 0 Å². The number of carbonyl (C=O) groups is 1. The molecule has 2 amide bonds.